The molecule has 366 valence electrons. The van der Waals surface area contributed by atoms with E-state index in [1.54, 1.807) is 0 Å². The van der Waals surface area contributed by atoms with Gasteiger partial charge >= 0.3 is 0 Å². The molecule has 0 atom stereocenters. The fraction of sp³-hybridized carbons (Fsp3) is 0.135. The summed E-state index contributed by atoms with van der Waals surface area (Å²) >= 11 is 0. The Bertz CT molecular complexity index is 4050. The molecule has 14 rings (SSSR count). The second-order valence-electron chi connectivity index (χ2n) is 22.7. The third-order valence-corrected chi connectivity index (χ3v) is 17.5. The highest BCUT2D eigenvalue weighted by Gasteiger charge is 2.38. The van der Waals surface area contributed by atoms with Gasteiger partial charge in [-0.1, -0.05) is 210 Å². The van der Waals surface area contributed by atoms with Crippen molar-refractivity contribution in [1.29, 1.82) is 0 Å². The van der Waals surface area contributed by atoms with Crippen LogP contribution in [0.25, 0.3) is 76.8 Å². The van der Waals surface area contributed by atoms with E-state index in [0.29, 0.717) is 0 Å². The first-order chi connectivity index (χ1) is 36.9. The summed E-state index contributed by atoms with van der Waals surface area (Å²) in [6, 6.07) is 82.6. The highest BCUT2D eigenvalue weighted by molar-refractivity contribution is 6.28. The van der Waals surface area contributed by atoms with Gasteiger partial charge in [0.2, 0.25) is 0 Å². The largest absolute Gasteiger partial charge is 0.309 e. The molecule has 76 heavy (non-hydrogen) atoms. The topological polar surface area (TPSA) is 6.48 Å². The van der Waals surface area contributed by atoms with E-state index >= 15 is 0 Å². The van der Waals surface area contributed by atoms with Crippen LogP contribution in [0.1, 0.15) is 72.2 Å². The van der Waals surface area contributed by atoms with Gasteiger partial charge in [0, 0.05) is 44.4 Å². The number of rotatable bonds is 8. The number of anilines is 6. The maximum atomic E-state index is 2.58. The molecular formula is C74H60N2. The number of nitrogens with zero attached hydrogens (tertiary/aromatic N) is 2. The van der Waals surface area contributed by atoms with Gasteiger partial charge in [-0.2, -0.15) is 0 Å². The lowest BCUT2D eigenvalue weighted by Gasteiger charge is -2.33. The molecule has 0 aromatic heterocycles. The quantitative estimate of drug-likeness (QED) is 0.140. The number of fused-ring (bicyclic) bond motifs is 6. The summed E-state index contributed by atoms with van der Waals surface area (Å²) in [5.41, 5.74) is 27.3. The molecule has 0 N–H and O–H groups in total. The lowest BCUT2D eigenvalue weighted by Crippen LogP contribution is -2.17. The van der Waals surface area contributed by atoms with Crippen molar-refractivity contribution in [2.45, 2.75) is 66.2 Å². The maximum Gasteiger partial charge on any atom is 0.0540 e. The van der Waals surface area contributed by atoms with Crippen molar-refractivity contribution in [3.05, 3.63) is 263 Å². The summed E-state index contributed by atoms with van der Waals surface area (Å²) in [4.78, 5) is 5.16. The van der Waals surface area contributed by atoms with Crippen LogP contribution in [0.2, 0.25) is 0 Å². The highest BCUT2D eigenvalue weighted by Crippen LogP contribution is 2.56. The summed E-state index contributed by atoms with van der Waals surface area (Å²) in [6.07, 6.45) is 0. The minimum Gasteiger partial charge on any atom is -0.309 e. The number of hydrogen-bond acceptors (Lipinski definition) is 2. The summed E-state index contributed by atoms with van der Waals surface area (Å²) in [7, 11) is 0. The van der Waals surface area contributed by atoms with Crippen LogP contribution in [-0.4, -0.2) is 0 Å². The van der Waals surface area contributed by atoms with E-state index in [1.165, 1.54) is 144 Å². The first kappa shape index (κ1) is 45.9. The Balaban J connectivity index is 1.03. The molecule has 0 unspecified atom stereocenters. The van der Waals surface area contributed by atoms with Gasteiger partial charge in [-0.05, 0) is 175 Å². The van der Waals surface area contributed by atoms with Crippen LogP contribution in [0, 0.1) is 27.7 Å². The minimum atomic E-state index is -0.109. The molecule has 0 fully saturated rings. The van der Waals surface area contributed by atoms with Gasteiger partial charge in [0.15, 0.2) is 0 Å². The summed E-state index contributed by atoms with van der Waals surface area (Å²) in [6.45, 7) is 18.7. The Morgan fingerprint density at radius 1 is 0.263 bits per heavy atom. The standard InChI is InChI=1S/C74H60N2/c1-45-27-29-53(49-19-11-9-12-20-49)41-67(45)75(69-43-59-55-23-15-17-25-61(55)73(5,6)63(59)39-47(69)3)65-37-33-51-32-36-58-66(38-34-52-31-35-57(65)71(51)72(52)58)76(68-42-54(30-28-46(68)2)50-21-13-10-14-22-50)70-44-60-56-24-16-18-26-62(56)74(7,8)64(60)40-48(70)4/h9-44H,1-8H3. The zero-order valence-electron chi connectivity index (χ0n) is 44.7. The third kappa shape index (κ3) is 6.79. The van der Waals surface area contributed by atoms with Gasteiger partial charge < -0.3 is 9.80 Å². The Hall–Kier alpha value is -8.72. The number of hydrogen-bond donors (Lipinski definition) is 0. The normalized spacial score (nSPS) is 13.7. The van der Waals surface area contributed by atoms with Crippen LogP contribution in [-0.2, 0) is 10.8 Å². The highest BCUT2D eigenvalue weighted by atomic mass is 15.2. The Morgan fingerprint density at radius 3 is 1.05 bits per heavy atom. The van der Waals surface area contributed by atoms with Gasteiger partial charge in [-0.15, -0.1) is 0 Å². The smallest absolute Gasteiger partial charge is 0.0540 e. The van der Waals surface area contributed by atoms with Crippen molar-refractivity contribution in [3.8, 4) is 44.5 Å². The summed E-state index contributed by atoms with van der Waals surface area (Å²) in [5, 5.41) is 7.45. The molecule has 0 aliphatic heterocycles. The molecule has 12 aromatic carbocycles. The lowest BCUT2D eigenvalue weighted by atomic mass is 9.82. The number of benzene rings is 12. The van der Waals surface area contributed by atoms with Crippen LogP contribution in [0.15, 0.2) is 218 Å². The molecule has 0 heterocycles. The lowest BCUT2D eigenvalue weighted by molar-refractivity contribution is 0.659. The molecule has 2 heteroatoms. The zero-order valence-corrected chi connectivity index (χ0v) is 44.7. The predicted molar refractivity (Wildman–Crippen MR) is 324 cm³/mol. The van der Waals surface area contributed by atoms with E-state index in [-0.39, 0.29) is 10.8 Å². The molecule has 2 aliphatic rings. The SMILES string of the molecule is Cc1ccc(-c2ccccc2)cc1N(c1cc2c(cc1C)C(C)(C)c1ccccc1-2)c1ccc2ccc3c(N(c4cc(-c5ccccc5)ccc4C)c4cc5c(cc4C)C(C)(C)c4ccccc4-5)ccc4ccc1c2c43. The predicted octanol–water partition coefficient (Wildman–Crippen LogP) is 20.7. The van der Waals surface area contributed by atoms with Crippen LogP contribution >= 0.6 is 0 Å². The van der Waals surface area contributed by atoms with Gasteiger partial charge in [0.1, 0.15) is 0 Å². The van der Waals surface area contributed by atoms with Crippen molar-refractivity contribution < 1.29 is 0 Å². The monoisotopic (exact) mass is 976 g/mol. The Kier molecular flexibility index (Phi) is 10.2. The van der Waals surface area contributed by atoms with Crippen LogP contribution in [0.4, 0.5) is 34.1 Å². The summed E-state index contributed by atoms with van der Waals surface area (Å²) in [5.74, 6) is 0. The Labute approximate surface area is 447 Å². The third-order valence-electron chi connectivity index (χ3n) is 17.5. The van der Waals surface area contributed by atoms with E-state index in [9.17, 15) is 0 Å². The molecule has 0 amide bonds. The van der Waals surface area contributed by atoms with Gasteiger partial charge in [0.25, 0.3) is 0 Å². The van der Waals surface area contributed by atoms with Gasteiger partial charge in [0.05, 0.1) is 11.4 Å². The second kappa shape index (κ2) is 16.9. The van der Waals surface area contributed by atoms with E-state index in [2.05, 4.69) is 284 Å². The second-order valence-corrected chi connectivity index (χ2v) is 22.7. The fourth-order valence-corrected chi connectivity index (χ4v) is 13.4. The molecule has 12 aromatic rings. The van der Waals surface area contributed by atoms with Gasteiger partial charge in [-0.3, -0.25) is 0 Å². The van der Waals surface area contributed by atoms with E-state index < -0.39 is 0 Å². The Morgan fingerprint density at radius 2 is 0.632 bits per heavy atom. The van der Waals surface area contributed by atoms with Crippen molar-refractivity contribution in [1.82, 2.24) is 0 Å². The van der Waals surface area contributed by atoms with Crippen LogP contribution < -0.4 is 9.80 Å². The van der Waals surface area contributed by atoms with E-state index in [4.69, 9.17) is 0 Å². The molecule has 2 aliphatic carbocycles. The molecule has 0 bridgehead atoms. The average Bonchev–Trinajstić information content (AvgIpc) is 3.80. The number of aryl methyl sites for hydroxylation is 4. The first-order valence-electron chi connectivity index (χ1n) is 27.0. The minimum absolute atomic E-state index is 0.109. The average molecular weight is 977 g/mol. The zero-order chi connectivity index (χ0) is 51.8. The summed E-state index contributed by atoms with van der Waals surface area (Å²) < 4.78 is 0. The fourth-order valence-electron chi connectivity index (χ4n) is 13.4. The van der Waals surface area contributed by atoms with Crippen molar-refractivity contribution in [3.63, 3.8) is 0 Å². The van der Waals surface area contributed by atoms with E-state index in [1.807, 2.05) is 0 Å². The van der Waals surface area contributed by atoms with Crippen molar-refractivity contribution >= 4 is 66.4 Å². The molecule has 0 saturated carbocycles. The molecule has 0 radical (unpaired) electrons. The van der Waals surface area contributed by atoms with Crippen molar-refractivity contribution in [2.24, 2.45) is 0 Å². The van der Waals surface area contributed by atoms with Gasteiger partial charge in [-0.25, -0.2) is 0 Å². The first-order valence-corrected chi connectivity index (χ1v) is 27.0. The van der Waals surface area contributed by atoms with Crippen molar-refractivity contribution in [2.75, 3.05) is 9.80 Å². The maximum absolute atomic E-state index is 2.58. The van der Waals surface area contributed by atoms with Crippen LogP contribution in [0.5, 0.6) is 0 Å². The molecular weight excluding hydrogens is 917 g/mol. The molecule has 2 nitrogen and oxygen atoms in total. The van der Waals surface area contributed by atoms with E-state index in [0.717, 1.165) is 11.4 Å². The molecule has 0 saturated heterocycles. The molecule has 0 spiro atoms. The van der Waals surface area contributed by atoms with Crippen LogP contribution in [0.3, 0.4) is 0 Å².